The zero-order valence-corrected chi connectivity index (χ0v) is 12.6. The minimum atomic E-state index is 0.466. The second-order valence-electron chi connectivity index (χ2n) is 4.67. The number of rotatable bonds is 3. The minimum absolute atomic E-state index is 0.466. The second-order valence-corrected chi connectivity index (χ2v) is 5.76. The monoisotopic (exact) mass is 315 g/mol. The predicted molar refractivity (Wildman–Crippen MR) is 83.8 cm³/mol. The van der Waals surface area contributed by atoms with E-state index in [2.05, 4.69) is 35.8 Å². The van der Waals surface area contributed by atoms with Gasteiger partial charge < -0.3 is 10.1 Å². The molecule has 0 aliphatic carbocycles. The summed E-state index contributed by atoms with van der Waals surface area (Å²) in [6, 6.07) is 1.70. The van der Waals surface area contributed by atoms with Crippen LogP contribution in [0.1, 0.15) is 4.88 Å². The third-order valence-corrected chi connectivity index (χ3v) is 4.33. The topological polar surface area (TPSA) is 101 Å². The summed E-state index contributed by atoms with van der Waals surface area (Å²) in [6.07, 6.45) is 4.35. The number of aromatic amines is 1. The molecule has 0 unspecified atom stereocenters. The van der Waals surface area contributed by atoms with E-state index in [1.807, 2.05) is 0 Å². The fourth-order valence-electron chi connectivity index (χ4n) is 2.30. The van der Waals surface area contributed by atoms with Gasteiger partial charge in [0, 0.05) is 30.1 Å². The number of ether oxygens (including phenoxy) is 1. The molecule has 3 aromatic heterocycles. The Morgan fingerprint density at radius 2 is 2.32 bits per heavy atom. The first-order chi connectivity index (χ1) is 10.8. The normalized spacial score (nSPS) is 12.8. The van der Waals surface area contributed by atoms with Gasteiger partial charge in [-0.25, -0.2) is 9.97 Å². The number of hydrogen-bond donors (Lipinski definition) is 3. The highest BCUT2D eigenvalue weighted by Crippen LogP contribution is 2.37. The van der Waals surface area contributed by atoms with Crippen LogP contribution in [-0.2, 0) is 6.42 Å². The van der Waals surface area contributed by atoms with Crippen LogP contribution in [-0.4, -0.2) is 38.8 Å². The lowest BCUT2D eigenvalue weighted by Crippen LogP contribution is -2.02. The molecule has 0 spiro atoms. The molecule has 4 rings (SSSR count). The first-order valence-electron chi connectivity index (χ1n) is 6.75. The molecule has 3 N–H and O–H groups in total. The molecular formula is C13H13N7OS. The van der Waals surface area contributed by atoms with Crippen LogP contribution in [0.5, 0.6) is 5.88 Å². The summed E-state index contributed by atoms with van der Waals surface area (Å²) in [5.41, 5.74) is 1.94. The number of methoxy groups -OCH3 is 1. The van der Waals surface area contributed by atoms with Gasteiger partial charge >= 0.3 is 0 Å². The number of hydrogen-bond acceptors (Lipinski definition) is 8. The summed E-state index contributed by atoms with van der Waals surface area (Å²) in [4.78, 5) is 14.3. The van der Waals surface area contributed by atoms with Gasteiger partial charge in [-0.1, -0.05) is 0 Å². The van der Waals surface area contributed by atoms with Crippen molar-refractivity contribution in [3.63, 3.8) is 0 Å². The zero-order valence-electron chi connectivity index (χ0n) is 11.8. The molecule has 1 aliphatic rings. The van der Waals surface area contributed by atoms with E-state index in [-0.39, 0.29) is 0 Å². The molecule has 0 saturated heterocycles. The van der Waals surface area contributed by atoms with Crippen molar-refractivity contribution in [1.29, 1.82) is 0 Å². The zero-order chi connectivity index (χ0) is 14.9. The first kappa shape index (κ1) is 13.0. The van der Waals surface area contributed by atoms with E-state index in [0.29, 0.717) is 11.8 Å². The van der Waals surface area contributed by atoms with Gasteiger partial charge in [0.05, 0.1) is 24.6 Å². The number of fused-ring (bicyclic) bond motifs is 3. The molecule has 0 amide bonds. The SMILES string of the molecule is COc1ccnc(Nc2nc3c(s2)CCNc2[nH]ncc2-3)n1. The molecule has 3 aromatic rings. The van der Waals surface area contributed by atoms with Crippen molar-refractivity contribution in [2.75, 3.05) is 24.3 Å². The lowest BCUT2D eigenvalue weighted by atomic mass is 10.2. The lowest BCUT2D eigenvalue weighted by molar-refractivity contribution is 0.397. The molecule has 112 valence electrons. The molecule has 0 aromatic carbocycles. The van der Waals surface area contributed by atoms with E-state index in [9.17, 15) is 0 Å². The Morgan fingerprint density at radius 3 is 3.23 bits per heavy atom. The Morgan fingerprint density at radius 1 is 1.36 bits per heavy atom. The minimum Gasteiger partial charge on any atom is -0.481 e. The maximum atomic E-state index is 5.10. The molecule has 0 fully saturated rings. The summed E-state index contributed by atoms with van der Waals surface area (Å²) in [5, 5.41) is 14.2. The van der Waals surface area contributed by atoms with Gasteiger partial charge in [0.1, 0.15) is 5.82 Å². The lowest BCUT2D eigenvalue weighted by Gasteiger charge is -2.03. The van der Waals surface area contributed by atoms with Gasteiger partial charge in [-0.3, -0.25) is 10.4 Å². The van der Waals surface area contributed by atoms with Crippen molar-refractivity contribution in [3.8, 4) is 17.1 Å². The Hall–Kier alpha value is -2.68. The van der Waals surface area contributed by atoms with Crippen LogP contribution in [0.15, 0.2) is 18.5 Å². The van der Waals surface area contributed by atoms with Crippen LogP contribution in [0.2, 0.25) is 0 Å². The van der Waals surface area contributed by atoms with Gasteiger partial charge in [0.2, 0.25) is 11.8 Å². The van der Waals surface area contributed by atoms with Gasteiger partial charge in [-0.15, -0.1) is 11.3 Å². The summed E-state index contributed by atoms with van der Waals surface area (Å²) in [7, 11) is 1.57. The Labute approximate surface area is 130 Å². The van der Waals surface area contributed by atoms with Crippen molar-refractivity contribution in [2.24, 2.45) is 0 Å². The van der Waals surface area contributed by atoms with Crippen LogP contribution in [0.4, 0.5) is 16.9 Å². The van der Waals surface area contributed by atoms with Crippen LogP contribution in [0.3, 0.4) is 0 Å². The highest BCUT2D eigenvalue weighted by Gasteiger charge is 2.20. The van der Waals surface area contributed by atoms with Crippen molar-refractivity contribution < 1.29 is 4.74 Å². The molecule has 0 atom stereocenters. The van der Waals surface area contributed by atoms with Crippen LogP contribution in [0.25, 0.3) is 11.3 Å². The third kappa shape index (κ3) is 2.25. The largest absolute Gasteiger partial charge is 0.481 e. The van der Waals surface area contributed by atoms with Gasteiger partial charge in [0.15, 0.2) is 5.13 Å². The summed E-state index contributed by atoms with van der Waals surface area (Å²) < 4.78 is 5.10. The van der Waals surface area contributed by atoms with Crippen LogP contribution >= 0.6 is 11.3 Å². The van der Waals surface area contributed by atoms with E-state index < -0.39 is 0 Å². The summed E-state index contributed by atoms with van der Waals surface area (Å²) in [5.74, 6) is 1.89. The highest BCUT2D eigenvalue weighted by atomic mass is 32.1. The molecule has 8 nitrogen and oxygen atoms in total. The van der Waals surface area contributed by atoms with Gasteiger partial charge in [-0.05, 0) is 0 Å². The number of thiazole rings is 1. The van der Waals surface area contributed by atoms with Crippen LogP contribution < -0.4 is 15.4 Å². The molecule has 22 heavy (non-hydrogen) atoms. The average Bonchev–Trinajstić information content (AvgIpc) is 3.11. The predicted octanol–water partition coefficient (Wildman–Crippen LogP) is 2.04. The van der Waals surface area contributed by atoms with Crippen LogP contribution in [0, 0.1) is 0 Å². The van der Waals surface area contributed by atoms with E-state index in [1.165, 1.54) is 4.88 Å². The van der Waals surface area contributed by atoms with Crippen molar-refractivity contribution >= 4 is 28.2 Å². The average molecular weight is 315 g/mol. The van der Waals surface area contributed by atoms with Crippen molar-refractivity contribution in [2.45, 2.75) is 6.42 Å². The third-order valence-electron chi connectivity index (χ3n) is 3.30. The first-order valence-corrected chi connectivity index (χ1v) is 7.56. The van der Waals surface area contributed by atoms with Gasteiger partial charge in [-0.2, -0.15) is 10.1 Å². The molecule has 1 aliphatic heterocycles. The Bertz CT molecular complexity index is 812. The maximum Gasteiger partial charge on any atom is 0.232 e. The second kappa shape index (κ2) is 5.26. The number of anilines is 3. The smallest absolute Gasteiger partial charge is 0.232 e. The summed E-state index contributed by atoms with van der Waals surface area (Å²) >= 11 is 1.60. The molecular weight excluding hydrogens is 302 g/mol. The van der Waals surface area contributed by atoms with E-state index in [1.54, 1.807) is 36.9 Å². The van der Waals surface area contributed by atoms with Crippen molar-refractivity contribution in [3.05, 3.63) is 23.3 Å². The summed E-state index contributed by atoms with van der Waals surface area (Å²) in [6.45, 7) is 0.847. The fourth-order valence-corrected chi connectivity index (χ4v) is 3.27. The number of H-pyrrole nitrogens is 1. The van der Waals surface area contributed by atoms with E-state index in [4.69, 9.17) is 4.74 Å². The molecule has 0 saturated carbocycles. The fraction of sp³-hybridized carbons (Fsp3) is 0.231. The van der Waals surface area contributed by atoms with E-state index in [0.717, 1.165) is 35.2 Å². The molecule has 0 bridgehead atoms. The maximum absolute atomic E-state index is 5.10. The molecule has 9 heteroatoms. The molecule has 0 radical (unpaired) electrons. The number of aromatic nitrogens is 5. The van der Waals surface area contributed by atoms with Gasteiger partial charge in [0.25, 0.3) is 0 Å². The quantitative estimate of drug-likeness (QED) is 0.680. The van der Waals surface area contributed by atoms with Crippen molar-refractivity contribution in [1.82, 2.24) is 25.1 Å². The number of nitrogens with one attached hydrogen (secondary N) is 3. The standard InChI is InChI=1S/C13H13N7OS/c1-21-9-3-5-15-12(17-9)19-13-18-10-7-6-16-20-11(7)14-4-2-8(10)22-13/h3,5-6H,2,4H2,1H3,(H2,14,16,20)(H,15,17,18,19). The number of nitrogens with zero attached hydrogens (tertiary/aromatic N) is 4. The molecule has 4 heterocycles. The highest BCUT2D eigenvalue weighted by molar-refractivity contribution is 7.16. The Kier molecular flexibility index (Phi) is 3.11. The Balaban J connectivity index is 1.67. The van der Waals surface area contributed by atoms with E-state index >= 15 is 0 Å².